The number of sulfonamides is 1. The Kier molecular flexibility index (Phi) is 4.92. The zero-order valence-electron chi connectivity index (χ0n) is 16.8. The second-order valence-corrected chi connectivity index (χ2v) is 9.70. The number of amides is 1. The Balaban J connectivity index is 1.60. The highest BCUT2D eigenvalue weighted by Crippen LogP contribution is 2.35. The van der Waals surface area contributed by atoms with Gasteiger partial charge in [-0.05, 0) is 73.5 Å². The summed E-state index contributed by atoms with van der Waals surface area (Å²) in [7, 11) is -2.02. The van der Waals surface area contributed by atoms with Crippen molar-refractivity contribution in [3.63, 3.8) is 0 Å². The normalized spacial score (nSPS) is 13.4. The van der Waals surface area contributed by atoms with Crippen molar-refractivity contribution in [2.75, 3.05) is 12.4 Å². The van der Waals surface area contributed by atoms with Crippen LogP contribution in [0.5, 0.6) is 0 Å². The van der Waals surface area contributed by atoms with Gasteiger partial charge in [-0.25, -0.2) is 8.42 Å². The molecule has 3 aromatic carbocycles. The maximum absolute atomic E-state index is 12.8. The number of nitrogens with one attached hydrogen (secondary N) is 1. The molecule has 0 spiro atoms. The van der Waals surface area contributed by atoms with E-state index in [-0.39, 0.29) is 16.8 Å². The van der Waals surface area contributed by atoms with Crippen LogP contribution in [0.2, 0.25) is 0 Å². The van der Waals surface area contributed by atoms with Crippen LogP contribution >= 0.6 is 0 Å². The summed E-state index contributed by atoms with van der Waals surface area (Å²) < 4.78 is 26.5. The van der Waals surface area contributed by atoms with E-state index >= 15 is 0 Å². The molecule has 0 atom stereocenters. The van der Waals surface area contributed by atoms with Crippen LogP contribution < -0.4 is 5.32 Å². The standard InChI is InChI=1S/C23H24N2O3S/c1-15(2)25(3)29(27,28)19-12-9-18(10-13-19)23(26)24-21-14-11-17-8-7-16-5-4-6-20(21)22(16)17/h4-6,9-15H,7-8H2,1-3H3,(H,24,26). The summed E-state index contributed by atoms with van der Waals surface area (Å²) in [5.41, 5.74) is 3.82. The van der Waals surface area contributed by atoms with Crippen molar-refractivity contribution in [2.24, 2.45) is 0 Å². The number of anilines is 1. The van der Waals surface area contributed by atoms with Crippen molar-refractivity contribution in [1.29, 1.82) is 0 Å². The Bertz CT molecular complexity index is 1190. The monoisotopic (exact) mass is 408 g/mol. The van der Waals surface area contributed by atoms with Gasteiger partial charge in [0.05, 0.1) is 4.90 Å². The Morgan fingerprint density at radius 3 is 2.28 bits per heavy atom. The number of carbonyl (C=O) groups is 1. The molecule has 3 aromatic rings. The number of aryl methyl sites for hydroxylation is 2. The van der Waals surface area contributed by atoms with Gasteiger partial charge >= 0.3 is 0 Å². The Morgan fingerprint density at radius 2 is 1.62 bits per heavy atom. The van der Waals surface area contributed by atoms with Gasteiger partial charge < -0.3 is 5.32 Å². The van der Waals surface area contributed by atoms with Crippen LogP contribution in [0, 0.1) is 0 Å². The first kappa shape index (κ1) is 19.6. The molecule has 1 aliphatic rings. The van der Waals surface area contributed by atoms with Gasteiger partial charge in [-0.1, -0.05) is 24.3 Å². The van der Waals surface area contributed by atoms with Crippen molar-refractivity contribution in [3.8, 4) is 0 Å². The number of carbonyl (C=O) groups excluding carboxylic acids is 1. The smallest absolute Gasteiger partial charge is 0.255 e. The highest BCUT2D eigenvalue weighted by Gasteiger charge is 2.23. The molecule has 0 bridgehead atoms. The fraction of sp³-hybridized carbons (Fsp3) is 0.261. The van der Waals surface area contributed by atoms with Gasteiger partial charge in [0.1, 0.15) is 0 Å². The minimum atomic E-state index is -3.57. The molecule has 150 valence electrons. The topological polar surface area (TPSA) is 66.5 Å². The van der Waals surface area contributed by atoms with E-state index in [1.165, 1.54) is 33.0 Å². The lowest BCUT2D eigenvalue weighted by molar-refractivity contribution is 0.102. The lowest BCUT2D eigenvalue weighted by atomic mass is 10.0. The largest absolute Gasteiger partial charge is 0.321 e. The van der Waals surface area contributed by atoms with Crippen molar-refractivity contribution in [1.82, 2.24) is 4.31 Å². The van der Waals surface area contributed by atoms with E-state index in [1.54, 1.807) is 19.2 Å². The molecule has 1 amide bonds. The van der Waals surface area contributed by atoms with E-state index in [4.69, 9.17) is 0 Å². The molecule has 5 nitrogen and oxygen atoms in total. The fourth-order valence-corrected chi connectivity index (χ4v) is 5.14. The molecule has 0 aliphatic heterocycles. The number of nitrogens with zero attached hydrogens (tertiary/aromatic N) is 1. The van der Waals surface area contributed by atoms with Crippen molar-refractivity contribution in [2.45, 2.75) is 37.6 Å². The zero-order chi connectivity index (χ0) is 20.8. The number of benzene rings is 3. The minimum Gasteiger partial charge on any atom is -0.321 e. The maximum Gasteiger partial charge on any atom is 0.255 e. The minimum absolute atomic E-state index is 0.147. The second kappa shape index (κ2) is 7.28. The zero-order valence-corrected chi connectivity index (χ0v) is 17.6. The van der Waals surface area contributed by atoms with E-state index in [0.717, 1.165) is 23.9 Å². The SMILES string of the molecule is CC(C)N(C)S(=O)(=O)c1ccc(C(=O)Nc2ccc3c4c(cccc24)CC3)cc1. The van der Waals surface area contributed by atoms with E-state index in [2.05, 4.69) is 17.4 Å². The van der Waals surface area contributed by atoms with Gasteiger partial charge in [-0.15, -0.1) is 0 Å². The van der Waals surface area contributed by atoms with Gasteiger partial charge in [0, 0.05) is 29.7 Å². The number of rotatable bonds is 5. The van der Waals surface area contributed by atoms with Crippen LogP contribution in [-0.4, -0.2) is 31.7 Å². The number of hydrogen-bond donors (Lipinski definition) is 1. The highest BCUT2D eigenvalue weighted by atomic mass is 32.2. The average molecular weight is 409 g/mol. The van der Waals surface area contributed by atoms with Crippen LogP contribution in [0.25, 0.3) is 10.8 Å². The van der Waals surface area contributed by atoms with Crippen LogP contribution in [0.3, 0.4) is 0 Å². The second-order valence-electron chi connectivity index (χ2n) is 7.71. The molecule has 6 heteroatoms. The maximum atomic E-state index is 12.8. The molecular weight excluding hydrogens is 384 g/mol. The quantitative estimate of drug-likeness (QED) is 0.687. The molecule has 0 saturated heterocycles. The number of hydrogen-bond acceptors (Lipinski definition) is 3. The lowest BCUT2D eigenvalue weighted by Gasteiger charge is -2.21. The molecular formula is C23H24N2O3S. The Morgan fingerprint density at radius 1 is 0.966 bits per heavy atom. The molecule has 0 unspecified atom stereocenters. The third kappa shape index (κ3) is 3.43. The van der Waals surface area contributed by atoms with Crippen molar-refractivity contribution in [3.05, 3.63) is 71.3 Å². The van der Waals surface area contributed by atoms with Crippen LogP contribution in [0.4, 0.5) is 5.69 Å². The molecule has 0 aromatic heterocycles. The first-order valence-corrected chi connectivity index (χ1v) is 11.2. The predicted octanol–water partition coefficient (Wildman–Crippen LogP) is 4.22. The van der Waals surface area contributed by atoms with Crippen molar-refractivity contribution < 1.29 is 13.2 Å². The Labute approximate surface area is 171 Å². The molecule has 4 rings (SSSR count). The molecule has 0 radical (unpaired) electrons. The first-order chi connectivity index (χ1) is 13.8. The van der Waals surface area contributed by atoms with Crippen LogP contribution in [0.15, 0.2) is 59.5 Å². The van der Waals surface area contributed by atoms with E-state index in [9.17, 15) is 13.2 Å². The van der Waals surface area contributed by atoms with E-state index in [1.807, 2.05) is 32.0 Å². The Hall–Kier alpha value is -2.70. The van der Waals surface area contributed by atoms with Crippen molar-refractivity contribution >= 4 is 32.4 Å². The van der Waals surface area contributed by atoms with E-state index in [0.29, 0.717) is 5.56 Å². The van der Waals surface area contributed by atoms with Gasteiger partial charge in [0.2, 0.25) is 10.0 Å². The van der Waals surface area contributed by atoms with Gasteiger partial charge in [0.15, 0.2) is 0 Å². The third-order valence-corrected chi connectivity index (χ3v) is 7.69. The highest BCUT2D eigenvalue weighted by molar-refractivity contribution is 7.89. The van der Waals surface area contributed by atoms with Gasteiger partial charge in [0.25, 0.3) is 5.91 Å². The molecule has 1 N–H and O–H groups in total. The summed E-state index contributed by atoms with van der Waals surface area (Å²) in [4.78, 5) is 13.0. The van der Waals surface area contributed by atoms with Gasteiger partial charge in [-0.2, -0.15) is 4.31 Å². The van der Waals surface area contributed by atoms with Crippen LogP contribution in [0.1, 0.15) is 35.3 Å². The molecule has 0 saturated carbocycles. The third-order valence-electron chi connectivity index (χ3n) is 5.65. The summed E-state index contributed by atoms with van der Waals surface area (Å²) in [6.07, 6.45) is 2.07. The van der Waals surface area contributed by atoms with Gasteiger partial charge in [-0.3, -0.25) is 4.79 Å². The molecule has 1 aliphatic carbocycles. The summed E-state index contributed by atoms with van der Waals surface area (Å²) in [5, 5.41) is 5.27. The summed E-state index contributed by atoms with van der Waals surface area (Å²) >= 11 is 0. The fourth-order valence-electron chi connectivity index (χ4n) is 3.77. The summed E-state index contributed by atoms with van der Waals surface area (Å²) in [6, 6.07) is 16.1. The molecule has 29 heavy (non-hydrogen) atoms. The first-order valence-electron chi connectivity index (χ1n) is 9.72. The lowest BCUT2D eigenvalue weighted by Crippen LogP contribution is -2.33. The summed E-state index contributed by atoms with van der Waals surface area (Å²) in [6.45, 7) is 3.63. The average Bonchev–Trinajstić information content (AvgIpc) is 3.14. The predicted molar refractivity (Wildman–Crippen MR) is 116 cm³/mol. The van der Waals surface area contributed by atoms with E-state index < -0.39 is 10.0 Å². The summed E-state index contributed by atoms with van der Waals surface area (Å²) in [5.74, 6) is -0.259. The molecule has 0 fully saturated rings. The van der Waals surface area contributed by atoms with Crippen LogP contribution in [-0.2, 0) is 22.9 Å². The molecule has 0 heterocycles.